The molecule has 1 N–H and O–H groups in total. The summed E-state index contributed by atoms with van der Waals surface area (Å²) in [6, 6.07) is 1.85. The van der Waals surface area contributed by atoms with Crippen molar-refractivity contribution in [3.05, 3.63) is 18.5 Å². The first-order valence-electron chi connectivity index (χ1n) is 6.76. The average molecular weight is 292 g/mol. The Hall–Kier alpha value is -1.63. The monoisotopic (exact) mass is 292 g/mol. The Kier molecular flexibility index (Phi) is 4.94. The SMILES string of the molecule is CCNc1nc(SC(C)C(C)C)nc(-n2cccn2)n1. The number of nitrogens with zero attached hydrogens (tertiary/aromatic N) is 5. The highest BCUT2D eigenvalue weighted by Crippen LogP contribution is 2.25. The minimum absolute atomic E-state index is 0.442. The van der Waals surface area contributed by atoms with Gasteiger partial charge < -0.3 is 5.32 Å². The topological polar surface area (TPSA) is 68.5 Å². The van der Waals surface area contributed by atoms with Gasteiger partial charge in [-0.15, -0.1) is 0 Å². The fraction of sp³-hybridized carbons (Fsp3) is 0.538. The van der Waals surface area contributed by atoms with Crippen LogP contribution in [0.25, 0.3) is 5.95 Å². The van der Waals surface area contributed by atoms with E-state index in [-0.39, 0.29) is 0 Å². The summed E-state index contributed by atoms with van der Waals surface area (Å²) in [4.78, 5) is 13.3. The van der Waals surface area contributed by atoms with E-state index in [0.717, 1.165) is 11.7 Å². The zero-order valence-corrected chi connectivity index (χ0v) is 13.1. The standard InChI is InChI=1S/C13H20N6S/c1-5-14-11-16-12(19-8-6-7-15-19)18-13(17-11)20-10(4)9(2)3/h6-10H,5H2,1-4H3,(H,14,16,17,18). The third-order valence-corrected chi connectivity index (χ3v) is 4.19. The number of thioether (sulfide) groups is 1. The Balaban J connectivity index is 2.31. The summed E-state index contributed by atoms with van der Waals surface area (Å²) in [5.74, 6) is 1.69. The molecule has 1 atom stereocenters. The number of nitrogens with one attached hydrogen (secondary N) is 1. The molecule has 7 heteroatoms. The van der Waals surface area contributed by atoms with Crippen molar-refractivity contribution < 1.29 is 0 Å². The molecule has 0 aliphatic carbocycles. The van der Waals surface area contributed by atoms with Crippen molar-refractivity contribution in [3.8, 4) is 5.95 Å². The third-order valence-electron chi connectivity index (χ3n) is 2.88. The maximum Gasteiger partial charge on any atom is 0.256 e. The Morgan fingerprint density at radius 2 is 2.05 bits per heavy atom. The maximum atomic E-state index is 4.48. The van der Waals surface area contributed by atoms with Crippen LogP contribution in [0.2, 0.25) is 0 Å². The molecule has 0 aromatic carbocycles. The molecule has 2 aromatic heterocycles. The highest BCUT2D eigenvalue weighted by molar-refractivity contribution is 7.99. The van der Waals surface area contributed by atoms with E-state index in [2.05, 4.69) is 46.1 Å². The van der Waals surface area contributed by atoms with Crippen LogP contribution < -0.4 is 5.32 Å². The molecular weight excluding hydrogens is 272 g/mol. The Morgan fingerprint density at radius 1 is 1.25 bits per heavy atom. The van der Waals surface area contributed by atoms with E-state index in [9.17, 15) is 0 Å². The smallest absolute Gasteiger partial charge is 0.256 e. The van der Waals surface area contributed by atoms with Crippen LogP contribution in [0.1, 0.15) is 27.7 Å². The summed E-state index contributed by atoms with van der Waals surface area (Å²) in [5.41, 5.74) is 0. The fourth-order valence-corrected chi connectivity index (χ4v) is 2.31. The summed E-state index contributed by atoms with van der Waals surface area (Å²) in [6.45, 7) is 9.35. The third kappa shape index (κ3) is 3.69. The predicted molar refractivity (Wildman–Crippen MR) is 81.3 cm³/mol. The van der Waals surface area contributed by atoms with Gasteiger partial charge in [0.2, 0.25) is 5.95 Å². The van der Waals surface area contributed by atoms with Crippen molar-refractivity contribution in [3.63, 3.8) is 0 Å². The van der Waals surface area contributed by atoms with E-state index in [1.807, 2.05) is 19.2 Å². The van der Waals surface area contributed by atoms with Gasteiger partial charge in [0, 0.05) is 24.2 Å². The van der Waals surface area contributed by atoms with Crippen molar-refractivity contribution >= 4 is 17.7 Å². The highest BCUT2D eigenvalue weighted by atomic mass is 32.2. The highest BCUT2D eigenvalue weighted by Gasteiger charge is 2.14. The molecular formula is C13H20N6S. The van der Waals surface area contributed by atoms with E-state index < -0.39 is 0 Å². The Bertz CT molecular complexity index is 540. The van der Waals surface area contributed by atoms with Gasteiger partial charge in [-0.3, -0.25) is 0 Å². The van der Waals surface area contributed by atoms with Gasteiger partial charge >= 0.3 is 0 Å². The first-order chi connectivity index (χ1) is 9.60. The van der Waals surface area contributed by atoms with Gasteiger partial charge in [0.15, 0.2) is 5.16 Å². The second kappa shape index (κ2) is 6.69. The molecule has 0 fully saturated rings. The average Bonchev–Trinajstić information content (AvgIpc) is 2.92. The molecule has 0 bridgehead atoms. The molecule has 2 rings (SSSR count). The summed E-state index contributed by atoms with van der Waals surface area (Å²) >= 11 is 1.66. The van der Waals surface area contributed by atoms with E-state index in [1.54, 1.807) is 22.6 Å². The minimum Gasteiger partial charge on any atom is -0.354 e. The van der Waals surface area contributed by atoms with Crippen LogP contribution in [0.3, 0.4) is 0 Å². The summed E-state index contributed by atoms with van der Waals surface area (Å²) in [7, 11) is 0. The van der Waals surface area contributed by atoms with Crippen LogP contribution >= 0.6 is 11.8 Å². The van der Waals surface area contributed by atoms with Crippen molar-refractivity contribution in [2.24, 2.45) is 5.92 Å². The molecule has 0 amide bonds. The lowest BCUT2D eigenvalue weighted by molar-refractivity contribution is 0.639. The van der Waals surface area contributed by atoms with E-state index in [4.69, 9.17) is 0 Å². The molecule has 0 aliphatic rings. The normalized spacial score (nSPS) is 12.7. The first kappa shape index (κ1) is 14.8. The zero-order valence-electron chi connectivity index (χ0n) is 12.2. The van der Waals surface area contributed by atoms with E-state index >= 15 is 0 Å². The number of rotatable bonds is 6. The van der Waals surface area contributed by atoms with Crippen LogP contribution in [0.4, 0.5) is 5.95 Å². The molecule has 2 heterocycles. The van der Waals surface area contributed by atoms with Gasteiger partial charge in [-0.05, 0) is 18.9 Å². The Labute approximate surface area is 123 Å². The van der Waals surface area contributed by atoms with Gasteiger partial charge in [0.1, 0.15) is 0 Å². The summed E-state index contributed by atoms with van der Waals surface area (Å²) in [6.07, 6.45) is 3.53. The molecule has 108 valence electrons. The largest absolute Gasteiger partial charge is 0.354 e. The van der Waals surface area contributed by atoms with Crippen LogP contribution in [-0.2, 0) is 0 Å². The number of aromatic nitrogens is 5. The van der Waals surface area contributed by atoms with Crippen LogP contribution in [0, 0.1) is 5.92 Å². The molecule has 0 saturated carbocycles. The summed E-state index contributed by atoms with van der Waals surface area (Å²) < 4.78 is 1.65. The summed E-state index contributed by atoms with van der Waals surface area (Å²) in [5, 5.41) is 8.47. The quantitative estimate of drug-likeness (QED) is 0.825. The van der Waals surface area contributed by atoms with Crippen molar-refractivity contribution in [1.82, 2.24) is 24.7 Å². The van der Waals surface area contributed by atoms with Gasteiger partial charge in [-0.1, -0.05) is 32.5 Å². The molecule has 20 heavy (non-hydrogen) atoms. The van der Waals surface area contributed by atoms with Crippen LogP contribution in [0.15, 0.2) is 23.6 Å². The molecule has 1 unspecified atom stereocenters. The lowest BCUT2D eigenvalue weighted by atomic mass is 10.2. The number of hydrogen-bond acceptors (Lipinski definition) is 6. The number of anilines is 1. The van der Waals surface area contributed by atoms with Crippen molar-refractivity contribution in [1.29, 1.82) is 0 Å². The van der Waals surface area contributed by atoms with Crippen molar-refractivity contribution in [2.75, 3.05) is 11.9 Å². The molecule has 0 radical (unpaired) electrons. The molecule has 2 aromatic rings. The molecule has 0 spiro atoms. The van der Waals surface area contributed by atoms with Gasteiger partial charge in [-0.2, -0.15) is 20.1 Å². The van der Waals surface area contributed by atoms with Gasteiger partial charge in [-0.25, -0.2) is 4.68 Å². The van der Waals surface area contributed by atoms with Gasteiger partial charge in [0.05, 0.1) is 0 Å². The maximum absolute atomic E-state index is 4.48. The number of hydrogen-bond donors (Lipinski definition) is 1. The molecule has 6 nitrogen and oxygen atoms in total. The lowest BCUT2D eigenvalue weighted by Gasteiger charge is -2.14. The van der Waals surface area contributed by atoms with Gasteiger partial charge in [0.25, 0.3) is 5.95 Å². The van der Waals surface area contributed by atoms with Crippen LogP contribution in [0.5, 0.6) is 0 Å². The second-order valence-electron chi connectivity index (χ2n) is 4.79. The lowest BCUT2D eigenvalue weighted by Crippen LogP contribution is -2.12. The fourth-order valence-electron chi connectivity index (χ4n) is 1.43. The second-order valence-corrected chi connectivity index (χ2v) is 6.13. The molecule has 0 saturated heterocycles. The zero-order chi connectivity index (χ0) is 14.5. The predicted octanol–water partition coefficient (Wildman–Crippen LogP) is 2.63. The minimum atomic E-state index is 0.442. The van der Waals surface area contributed by atoms with E-state index in [0.29, 0.717) is 23.1 Å². The Morgan fingerprint density at radius 3 is 2.65 bits per heavy atom. The van der Waals surface area contributed by atoms with Crippen LogP contribution in [-0.4, -0.2) is 36.5 Å². The van der Waals surface area contributed by atoms with Crippen molar-refractivity contribution in [2.45, 2.75) is 38.1 Å². The van der Waals surface area contributed by atoms with E-state index in [1.165, 1.54) is 0 Å². The first-order valence-corrected chi connectivity index (χ1v) is 7.64. The molecule has 0 aliphatic heterocycles.